The molecule has 1 aromatic carbocycles. The maximum Gasteiger partial charge on any atom is 0.243 e. The molecule has 142 valence electrons. The first-order chi connectivity index (χ1) is 12.3. The summed E-state index contributed by atoms with van der Waals surface area (Å²) in [5.41, 5.74) is 2.19. The van der Waals surface area contributed by atoms with Gasteiger partial charge in [0.2, 0.25) is 11.8 Å². The van der Waals surface area contributed by atoms with E-state index in [2.05, 4.69) is 41.4 Å². The number of anilines is 1. The van der Waals surface area contributed by atoms with E-state index in [0.717, 1.165) is 13.0 Å². The summed E-state index contributed by atoms with van der Waals surface area (Å²) in [6.07, 6.45) is 1.05. The van der Waals surface area contributed by atoms with E-state index in [1.54, 1.807) is 16.7 Å². The van der Waals surface area contributed by atoms with Gasteiger partial charge in [-0.25, -0.2) is 0 Å². The SMILES string of the molecule is CC1Cc2ccccc2N1CCNC(=O)C1CSCN1C(=O)C(C)(C)C. The molecular formula is C20H29N3O2S. The lowest BCUT2D eigenvalue weighted by molar-refractivity contribution is -0.144. The molecule has 2 aliphatic rings. The minimum atomic E-state index is -0.460. The van der Waals surface area contributed by atoms with E-state index in [1.165, 1.54) is 11.3 Å². The average molecular weight is 376 g/mol. The van der Waals surface area contributed by atoms with Crippen molar-refractivity contribution >= 4 is 29.3 Å². The topological polar surface area (TPSA) is 52.7 Å². The van der Waals surface area contributed by atoms with Crippen LogP contribution < -0.4 is 10.2 Å². The fourth-order valence-corrected chi connectivity index (χ4v) is 4.83. The molecule has 0 aliphatic carbocycles. The third kappa shape index (κ3) is 3.85. The number of carbonyl (C=O) groups excluding carboxylic acids is 2. The number of hydrogen-bond donors (Lipinski definition) is 1. The standard InChI is InChI=1S/C20H29N3O2S/c1-14-11-15-7-5-6-8-16(15)22(14)10-9-21-18(24)17-12-26-13-23(17)19(25)20(2,3)4/h5-8,14,17H,9-13H2,1-4H3,(H,21,24). The summed E-state index contributed by atoms with van der Waals surface area (Å²) in [4.78, 5) is 29.3. The van der Waals surface area contributed by atoms with Crippen LogP contribution in [0.4, 0.5) is 5.69 Å². The van der Waals surface area contributed by atoms with Gasteiger partial charge in [-0.3, -0.25) is 9.59 Å². The Morgan fingerprint density at radius 3 is 2.73 bits per heavy atom. The molecule has 6 heteroatoms. The first-order valence-corrected chi connectivity index (χ1v) is 10.5. The van der Waals surface area contributed by atoms with E-state index in [0.29, 0.717) is 24.2 Å². The number of para-hydroxylation sites is 1. The number of nitrogens with zero attached hydrogens (tertiary/aromatic N) is 2. The van der Waals surface area contributed by atoms with Gasteiger partial charge in [0.05, 0.1) is 5.88 Å². The van der Waals surface area contributed by atoms with Gasteiger partial charge in [-0.05, 0) is 25.0 Å². The molecule has 0 bridgehead atoms. The highest BCUT2D eigenvalue weighted by molar-refractivity contribution is 7.99. The van der Waals surface area contributed by atoms with Crippen LogP contribution in [0, 0.1) is 5.41 Å². The van der Waals surface area contributed by atoms with Gasteiger partial charge in [-0.2, -0.15) is 0 Å². The van der Waals surface area contributed by atoms with Crippen molar-refractivity contribution in [3.63, 3.8) is 0 Å². The van der Waals surface area contributed by atoms with Crippen molar-refractivity contribution < 1.29 is 9.59 Å². The van der Waals surface area contributed by atoms with Crippen LogP contribution >= 0.6 is 11.8 Å². The number of amides is 2. The molecular weight excluding hydrogens is 346 g/mol. The van der Waals surface area contributed by atoms with Gasteiger partial charge in [-0.15, -0.1) is 11.8 Å². The van der Waals surface area contributed by atoms with Gasteiger partial charge in [0.1, 0.15) is 6.04 Å². The zero-order chi connectivity index (χ0) is 18.9. The lowest BCUT2D eigenvalue weighted by atomic mass is 9.94. The molecule has 0 aromatic heterocycles. The van der Waals surface area contributed by atoms with Crippen LogP contribution in [0.15, 0.2) is 24.3 Å². The Kier molecular flexibility index (Phi) is 5.51. The summed E-state index contributed by atoms with van der Waals surface area (Å²) < 4.78 is 0. The molecule has 2 aliphatic heterocycles. The summed E-state index contributed by atoms with van der Waals surface area (Å²) in [6.45, 7) is 9.31. The Balaban J connectivity index is 1.55. The highest BCUT2D eigenvalue weighted by Gasteiger charge is 2.39. The second-order valence-corrected chi connectivity index (χ2v) is 9.21. The Morgan fingerprint density at radius 2 is 2.00 bits per heavy atom. The maximum absolute atomic E-state index is 12.7. The van der Waals surface area contributed by atoms with Crippen molar-refractivity contribution in [2.45, 2.75) is 46.2 Å². The van der Waals surface area contributed by atoms with E-state index >= 15 is 0 Å². The number of carbonyl (C=O) groups is 2. The summed E-state index contributed by atoms with van der Waals surface area (Å²) in [6, 6.07) is 8.57. The quantitative estimate of drug-likeness (QED) is 0.879. The van der Waals surface area contributed by atoms with E-state index < -0.39 is 5.41 Å². The maximum atomic E-state index is 12.7. The van der Waals surface area contributed by atoms with Crippen LogP contribution in [-0.4, -0.2) is 53.5 Å². The number of fused-ring (bicyclic) bond motifs is 1. The Morgan fingerprint density at radius 1 is 1.27 bits per heavy atom. The molecule has 2 unspecified atom stereocenters. The van der Waals surface area contributed by atoms with Gasteiger partial charge in [0, 0.05) is 36.0 Å². The number of nitrogens with one attached hydrogen (secondary N) is 1. The van der Waals surface area contributed by atoms with Gasteiger partial charge in [-0.1, -0.05) is 39.0 Å². The van der Waals surface area contributed by atoms with Gasteiger partial charge in [0.15, 0.2) is 0 Å². The normalized spacial score (nSPS) is 22.5. The molecule has 1 saturated heterocycles. The van der Waals surface area contributed by atoms with Crippen molar-refractivity contribution in [3.8, 4) is 0 Å². The van der Waals surface area contributed by atoms with Gasteiger partial charge >= 0.3 is 0 Å². The predicted molar refractivity (Wildman–Crippen MR) is 107 cm³/mol. The molecule has 1 aromatic rings. The minimum Gasteiger partial charge on any atom is -0.367 e. The molecule has 1 N–H and O–H groups in total. The molecule has 1 fully saturated rings. The Bertz CT molecular complexity index is 686. The predicted octanol–water partition coefficient (Wildman–Crippen LogP) is 2.50. The number of thioether (sulfide) groups is 1. The number of rotatable bonds is 4. The molecule has 0 spiro atoms. The van der Waals surface area contributed by atoms with Crippen LogP contribution in [0.3, 0.4) is 0 Å². The molecule has 5 nitrogen and oxygen atoms in total. The second kappa shape index (κ2) is 7.51. The molecule has 2 atom stereocenters. The van der Waals surface area contributed by atoms with E-state index in [-0.39, 0.29) is 17.9 Å². The van der Waals surface area contributed by atoms with E-state index in [1.807, 2.05) is 20.8 Å². The van der Waals surface area contributed by atoms with Crippen LogP contribution in [0.2, 0.25) is 0 Å². The van der Waals surface area contributed by atoms with Crippen LogP contribution in [0.1, 0.15) is 33.3 Å². The summed E-state index contributed by atoms with van der Waals surface area (Å²) in [5.74, 6) is 1.29. The summed E-state index contributed by atoms with van der Waals surface area (Å²) in [7, 11) is 0. The third-order valence-corrected chi connectivity index (χ3v) is 6.10. The van der Waals surface area contributed by atoms with Gasteiger partial charge in [0.25, 0.3) is 0 Å². The van der Waals surface area contributed by atoms with Crippen LogP contribution in [0.25, 0.3) is 0 Å². The number of benzene rings is 1. The third-order valence-electron chi connectivity index (χ3n) is 5.09. The first-order valence-electron chi connectivity index (χ1n) is 9.30. The van der Waals surface area contributed by atoms with E-state index in [9.17, 15) is 9.59 Å². The largest absolute Gasteiger partial charge is 0.367 e. The smallest absolute Gasteiger partial charge is 0.243 e. The molecule has 26 heavy (non-hydrogen) atoms. The Labute approximate surface area is 160 Å². The molecule has 3 rings (SSSR count). The van der Waals surface area contributed by atoms with Crippen LogP contribution in [-0.2, 0) is 16.0 Å². The highest BCUT2D eigenvalue weighted by Crippen LogP contribution is 2.31. The summed E-state index contributed by atoms with van der Waals surface area (Å²) >= 11 is 1.65. The number of hydrogen-bond acceptors (Lipinski definition) is 4. The lowest BCUT2D eigenvalue weighted by Crippen LogP contribution is -2.51. The molecule has 2 heterocycles. The van der Waals surface area contributed by atoms with E-state index in [4.69, 9.17) is 0 Å². The zero-order valence-electron chi connectivity index (χ0n) is 16.1. The average Bonchev–Trinajstić information content (AvgIpc) is 3.18. The summed E-state index contributed by atoms with van der Waals surface area (Å²) in [5, 5.41) is 3.05. The fourth-order valence-electron chi connectivity index (χ4n) is 3.68. The van der Waals surface area contributed by atoms with Crippen molar-refractivity contribution in [3.05, 3.63) is 29.8 Å². The highest BCUT2D eigenvalue weighted by atomic mass is 32.2. The minimum absolute atomic E-state index is 0.0345. The van der Waals surface area contributed by atoms with Crippen molar-refractivity contribution in [1.82, 2.24) is 10.2 Å². The monoisotopic (exact) mass is 375 g/mol. The van der Waals surface area contributed by atoms with Crippen molar-refractivity contribution in [2.75, 3.05) is 29.6 Å². The Hall–Kier alpha value is -1.69. The molecule has 2 amide bonds. The van der Waals surface area contributed by atoms with Crippen LogP contribution in [0.5, 0.6) is 0 Å². The lowest BCUT2D eigenvalue weighted by Gasteiger charge is -2.30. The fraction of sp³-hybridized carbons (Fsp3) is 0.600. The zero-order valence-corrected chi connectivity index (χ0v) is 16.9. The van der Waals surface area contributed by atoms with Crippen molar-refractivity contribution in [1.29, 1.82) is 0 Å². The van der Waals surface area contributed by atoms with Gasteiger partial charge < -0.3 is 15.1 Å². The molecule has 0 saturated carbocycles. The molecule has 0 radical (unpaired) electrons. The van der Waals surface area contributed by atoms with Crippen molar-refractivity contribution in [2.24, 2.45) is 5.41 Å². The second-order valence-electron chi connectivity index (χ2n) is 8.21. The first kappa shape index (κ1) is 19.1.